The van der Waals surface area contributed by atoms with E-state index in [1.165, 1.54) is 24.9 Å². The Labute approximate surface area is 228 Å². The maximum atomic E-state index is 13.3. The summed E-state index contributed by atoms with van der Waals surface area (Å²) in [6.45, 7) is 12.4. The molecule has 0 atom stereocenters. The number of nitrogens with zero attached hydrogens (tertiary/aromatic N) is 2. The zero-order valence-corrected chi connectivity index (χ0v) is 24.6. The number of anilines is 1. The molecule has 0 spiro atoms. The Kier molecular flexibility index (Phi) is 9.99. The smallest absolute Gasteiger partial charge is 0.251 e. The van der Waals surface area contributed by atoms with Crippen molar-refractivity contribution in [1.82, 2.24) is 4.72 Å². The molecular formula is C30H43N3O4S. The first kappa shape index (κ1) is 30.1. The molecule has 0 aliphatic carbocycles. The lowest BCUT2D eigenvalue weighted by atomic mass is 10.0. The van der Waals surface area contributed by atoms with Gasteiger partial charge in [-0.1, -0.05) is 18.2 Å². The number of ether oxygens (including phenoxy) is 2. The molecule has 8 heteroatoms. The molecule has 0 bridgehead atoms. The van der Waals surface area contributed by atoms with Gasteiger partial charge in [-0.25, -0.2) is 13.1 Å². The van der Waals surface area contributed by atoms with Crippen LogP contribution in [0.5, 0.6) is 0 Å². The summed E-state index contributed by atoms with van der Waals surface area (Å²) < 4.78 is 40.5. The fourth-order valence-electron chi connectivity index (χ4n) is 4.76. The third kappa shape index (κ3) is 8.03. The van der Waals surface area contributed by atoms with Crippen LogP contribution < -0.4 is 9.62 Å². The van der Waals surface area contributed by atoms with Gasteiger partial charge in [0.2, 0.25) is 0 Å². The van der Waals surface area contributed by atoms with E-state index in [9.17, 15) is 13.7 Å². The van der Waals surface area contributed by atoms with Crippen molar-refractivity contribution in [1.29, 1.82) is 5.26 Å². The van der Waals surface area contributed by atoms with Gasteiger partial charge < -0.3 is 14.4 Å². The predicted octanol–water partition coefficient (Wildman–Crippen LogP) is 6.00. The number of allylic oxidation sites excluding steroid dienone is 2. The molecule has 0 amide bonds. The highest BCUT2D eigenvalue weighted by Crippen LogP contribution is 2.29. The first-order valence-corrected chi connectivity index (χ1v) is 14.9. The summed E-state index contributed by atoms with van der Waals surface area (Å²) in [6, 6.07) is 14.2. The first-order chi connectivity index (χ1) is 17.9. The quantitative estimate of drug-likeness (QED) is 0.331. The largest absolute Gasteiger partial charge is 0.385 e. The molecule has 1 aliphatic heterocycles. The minimum Gasteiger partial charge on any atom is -0.385 e. The molecule has 1 N–H and O–H groups in total. The van der Waals surface area contributed by atoms with E-state index in [-0.39, 0.29) is 10.5 Å². The minimum atomic E-state index is -4.05. The fourth-order valence-corrected chi connectivity index (χ4v) is 6.33. The summed E-state index contributed by atoms with van der Waals surface area (Å²) in [5.74, 6) is 0. The average Bonchev–Trinajstić information content (AvgIpc) is 2.86. The van der Waals surface area contributed by atoms with Crippen LogP contribution in [-0.2, 0) is 19.5 Å². The number of piperidine rings is 1. The number of nitrogens with one attached hydrogen (secondary N) is 1. The Balaban J connectivity index is 1.76. The Bertz CT molecular complexity index is 1290. The molecule has 2 aromatic rings. The SMILES string of the molecule is COCCC(C)(C)OCCC(C)(C)NS(=O)(=O)/C(C#N)=C(\C)c1ccc2cc(N3CCCCC3)ccc2c1. The number of hydrogen-bond acceptors (Lipinski definition) is 6. The van der Waals surface area contributed by atoms with Crippen LogP contribution in [0.4, 0.5) is 5.69 Å². The van der Waals surface area contributed by atoms with Gasteiger partial charge in [-0.15, -0.1) is 0 Å². The zero-order valence-electron chi connectivity index (χ0n) is 23.8. The van der Waals surface area contributed by atoms with Crippen molar-refractivity contribution < 1.29 is 17.9 Å². The van der Waals surface area contributed by atoms with E-state index < -0.39 is 15.6 Å². The lowest BCUT2D eigenvalue weighted by Gasteiger charge is -2.30. The molecule has 7 nitrogen and oxygen atoms in total. The van der Waals surface area contributed by atoms with Crippen LogP contribution >= 0.6 is 0 Å². The van der Waals surface area contributed by atoms with E-state index in [1.807, 2.05) is 38.1 Å². The second kappa shape index (κ2) is 12.6. The Morgan fingerprint density at radius 2 is 1.66 bits per heavy atom. The Morgan fingerprint density at radius 1 is 1.00 bits per heavy atom. The van der Waals surface area contributed by atoms with Gasteiger partial charge in [0, 0.05) is 44.6 Å². The predicted molar refractivity (Wildman–Crippen MR) is 155 cm³/mol. The first-order valence-electron chi connectivity index (χ1n) is 13.4. The normalized spacial score (nSPS) is 15.9. The maximum Gasteiger partial charge on any atom is 0.251 e. The summed E-state index contributed by atoms with van der Waals surface area (Å²) in [5, 5.41) is 12.0. The standard InChI is InChI=1S/C30H43N3O4S/c1-23(24-10-11-26-21-27(13-12-25(26)20-24)33-16-8-7-9-17-33)28(22-31)38(34,35)32-29(2,3)14-19-37-30(4,5)15-18-36-6/h10-13,20-21,32H,7-9,14-19H2,1-6H3/b28-23+. The molecule has 2 aromatic carbocycles. The van der Waals surface area contributed by atoms with Crippen molar-refractivity contribution in [2.45, 2.75) is 77.9 Å². The van der Waals surface area contributed by atoms with Crippen LogP contribution in [0.1, 0.15) is 72.3 Å². The van der Waals surface area contributed by atoms with E-state index >= 15 is 0 Å². The highest BCUT2D eigenvalue weighted by Gasteiger charge is 2.30. The second-order valence-corrected chi connectivity index (χ2v) is 13.1. The number of nitriles is 1. The molecule has 38 heavy (non-hydrogen) atoms. The van der Waals surface area contributed by atoms with Crippen molar-refractivity contribution in [2.24, 2.45) is 0 Å². The molecule has 0 radical (unpaired) electrons. The third-order valence-electron chi connectivity index (χ3n) is 7.23. The van der Waals surface area contributed by atoms with Crippen LogP contribution in [0, 0.1) is 11.3 Å². The van der Waals surface area contributed by atoms with Gasteiger partial charge in [-0.3, -0.25) is 0 Å². The number of benzene rings is 2. The molecular weight excluding hydrogens is 498 g/mol. The monoisotopic (exact) mass is 541 g/mol. The minimum absolute atomic E-state index is 0.267. The summed E-state index contributed by atoms with van der Waals surface area (Å²) in [5.41, 5.74) is 1.19. The lowest BCUT2D eigenvalue weighted by molar-refractivity contribution is -0.0418. The molecule has 0 unspecified atom stereocenters. The van der Waals surface area contributed by atoms with E-state index in [0.717, 1.165) is 30.3 Å². The van der Waals surface area contributed by atoms with Gasteiger partial charge in [-0.05, 0) is 107 Å². The number of hydrogen-bond donors (Lipinski definition) is 1. The van der Waals surface area contributed by atoms with Crippen LogP contribution in [0.25, 0.3) is 16.3 Å². The summed E-state index contributed by atoms with van der Waals surface area (Å²) >= 11 is 0. The molecule has 3 rings (SSSR count). The Hall–Kier alpha value is -2.44. The average molecular weight is 542 g/mol. The van der Waals surface area contributed by atoms with Crippen LogP contribution in [0.3, 0.4) is 0 Å². The second-order valence-electron chi connectivity index (χ2n) is 11.5. The van der Waals surface area contributed by atoms with Crippen LogP contribution in [0.2, 0.25) is 0 Å². The number of fused-ring (bicyclic) bond motifs is 1. The number of sulfonamides is 1. The topological polar surface area (TPSA) is 91.7 Å². The Morgan fingerprint density at radius 3 is 2.32 bits per heavy atom. The van der Waals surface area contributed by atoms with Crippen molar-refractivity contribution >= 4 is 32.1 Å². The van der Waals surface area contributed by atoms with Crippen LogP contribution in [0.15, 0.2) is 41.3 Å². The molecule has 1 fully saturated rings. The number of methoxy groups -OCH3 is 1. The van der Waals surface area contributed by atoms with E-state index in [2.05, 4.69) is 27.8 Å². The molecule has 1 saturated heterocycles. The fraction of sp³-hybridized carbons (Fsp3) is 0.567. The van der Waals surface area contributed by atoms with Crippen molar-refractivity contribution in [3.63, 3.8) is 0 Å². The van der Waals surface area contributed by atoms with Gasteiger partial charge in [0.25, 0.3) is 10.0 Å². The van der Waals surface area contributed by atoms with E-state index in [4.69, 9.17) is 9.47 Å². The van der Waals surface area contributed by atoms with Crippen molar-refractivity contribution in [3.05, 3.63) is 46.9 Å². The molecule has 1 aliphatic rings. The van der Waals surface area contributed by atoms with Gasteiger partial charge in [0.05, 0.1) is 5.60 Å². The van der Waals surface area contributed by atoms with E-state index in [1.54, 1.807) is 27.9 Å². The van der Waals surface area contributed by atoms with Crippen molar-refractivity contribution in [3.8, 4) is 6.07 Å². The zero-order chi connectivity index (χ0) is 28.0. The van der Waals surface area contributed by atoms with Crippen LogP contribution in [-0.4, -0.2) is 53.0 Å². The molecule has 0 saturated carbocycles. The van der Waals surface area contributed by atoms with Gasteiger partial charge in [0.15, 0.2) is 4.91 Å². The maximum absolute atomic E-state index is 13.3. The van der Waals surface area contributed by atoms with Crippen molar-refractivity contribution in [2.75, 3.05) is 38.3 Å². The molecule has 208 valence electrons. The van der Waals surface area contributed by atoms with E-state index in [0.29, 0.717) is 30.8 Å². The number of rotatable bonds is 12. The lowest BCUT2D eigenvalue weighted by Crippen LogP contribution is -2.45. The van der Waals surface area contributed by atoms with Gasteiger partial charge in [-0.2, -0.15) is 5.26 Å². The van der Waals surface area contributed by atoms with Gasteiger partial charge in [0.1, 0.15) is 6.07 Å². The molecule has 1 heterocycles. The highest BCUT2D eigenvalue weighted by molar-refractivity contribution is 7.94. The molecule has 0 aromatic heterocycles. The summed E-state index contributed by atoms with van der Waals surface area (Å²) in [4.78, 5) is 2.15. The third-order valence-corrected chi connectivity index (χ3v) is 8.98. The summed E-state index contributed by atoms with van der Waals surface area (Å²) in [7, 11) is -2.39. The van der Waals surface area contributed by atoms with Gasteiger partial charge >= 0.3 is 0 Å². The summed E-state index contributed by atoms with van der Waals surface area (Å²) in [6.07, 6.45) is 4.92. The highest BCUT2D eigenvalue weighted by atomic mass is 32.2.